The van der Waals surface area contributed by atoms with Gasteiger partial charge in [-0.25, -0.2) is 0 Å². The van der Waals surface area contributed by atoms with Crippen LogP contribution < -0.4 is 14.2 Å². The lowest BCUT2D eigenvalue weighted by molar-refractivity contribution is 0.101. The highest BCUT2D eigenvalue weighted by atomic mass is 16.5. The van der Waals surface area contributed by atoms with E-state index in [9.17, 15) is 4.79 Å². The summed E-state index contributed by atoms with van der Waals surface area (Å²) < 4.78 is 16.2. The van der Waals surface area contributed by atoms with E-state index >= 15 is 0 Å². The maximum absolute atomic E-state index is 11.5. The highest BCUT2D eigenvalue weighted by Gasteiger charge is 2.09. The van der Waals surface area contributed by atoms with Gasteiger partial charge in [-0.05, 0) is 36.8 Å². The summed E-state index contributed by atoms with van der Waals surface area (Å²) in [6.45, 7) is 1.88. The summed E-state index contributed by atoms with van der Waals surface area (Å²) in [6, 6.07) is 12.8. The molecule has 0 bridgehead atoms. The first-order valence-corrected chi connectivity index (χ1v) is 6.59. The number of hydrogen-bond donors (Lipinski definition) is 0. The SMILES string of the molecule is COc1ccc(COc2ccccc2C(C)=O)cc1OC. The molecule has 2 rings (SSSR count). The van der Waals surface area contributed by atoms with Gasteiger partial charge in [0.1, 0.15) is 12.4 Å². The third kappa shape index (κ3) is 3.54. The molecular formula is C17H18O4. The van der Waals surface area contributed by atoms with E-state index < -0.39 is 0 Å². The zero-order valence-corrected chi connectivity index (χ0v) is 12.4. The smallest absolute Gasteiger partial charge is 0.163 e. The molecule has 2 aromatic rings. The lowest BCUT2D eigenvalue weighted by atomic mass is 10.1. The molecule has 0 N–H and O–H groups in total. The molecule has 21 heavy (non-hydrogen) atoms. The number of para-hydroxylation sites is 1. The van der Waals surface area contributed by atoms with E-state index in [1.54, 1.807) is 26.4 Å². The van der Waals surface area contributed by atoms with Crippen LogP contribution in [-0.4, -0.2) is 20.0 Å². The summed E-state index contributed by atoms with van der Waals surface area (Å²) in [5.41, 5.74) is 1.52. The molecule has 0 saturated heterocycles. The van der Waals surface area contributed by atoms with Crippen molar-refractivity contribution in [2.45, 2.75) is 13.5 Å². The number of hydrogen-bond acceptors (Lipinski definition) is 4. The third-order valence-corrected chi connectivity index (χ3v) is 3.11. The van der Waals surface area contributed by atoms with E-state index in [0.717, 1.165) is 5.56 Å². The zero-order valence-electron chi connectivity index (χ0n) is 12.4. The van der Waals surface area contributed by atoms with Crippen molar-refractivity contribution >= 4 is 5.78 Å². The van der Waals surface area contributed by atoms with Crippen molar-refractivity contribution in [3.63, 3.8) is 0 Å². The first kappa shape index (κ1) is 14.9. The molecule has 0 spiro atoms. The molecular weight excluding hydrogens is 268 g/mol. The van der Waals surface area contributed by atoms with Crippen LogP contribution in [0.5, 0.6) is 17.2 Å². The number of rotatable bonds is 6. The summed E-state index contributed by atoms with van der Waals surface area (Å²) in [5.74, 6) is 1.89. The number of Topliss-reactive ketones (excluding diaryl/α,β-unsaturated/α-hetero) is 1. The Morgan fingerprint density at radius 3 is 2.33 bits per heavy atom. The van der Waals surface area contributed by atoms with Crippen molar-refractivity contribution in [2.75, 3.05) is 14.2 Å². The van der Waals surface area contributed by atoms with Crippen LogP contribution in [0.4, 0.5) is 0 Å². The van der Waals surface area contributed by atoms with Crippen LogP contribution in [0.2, 0.25) is 0 Å². The maximum atomic E-state index is 11.5. The van der Waals surface area contributed by atoms with E-state index in [4.69, 9.17) is 14.2 Å². The Bertz CT molecular complexity index is 634. The van der Waals surface area contributed by atoms with Gasteiger partial charge in [0.05, 0.1) is 19.8 Å². The molecule has 0 radical (unpaired) electrons. The minimum Gasteiger partial charge on any atom is -0.493 e. The number of ketones is 1. The molecule has 0 aliphatic heterocycles. The third-order valence-electron chi connectivity index (χ3n) is 3.11. The Kier molecular flexibility index (Phi) is 4.82. The van der Waals surface area contributed by atoms with Crippen LogP contribution in [0.25, 0.3) is 0 Å². The predicted molar refractivity (Wildman–Crippen MR) is 80.3 cm³/mol. The monoisotopic (exact) mass is 286 g/mol. The largest absolute Gasteiger partial charge is 0.493 e. The van der Waals surface area contributed by atoms with Crippen LogP contribution >= 0.6 is 0 Å². The lowest BCUT2D eigenvalue weighted by Crippen LogP contribution is -2.02. The summed E-state index contributed by atoms with van der Waals surface area (Å²) in [7, 11) is 3.19. The normalized spacial score (nSPS) is 10.0. The van der Waals surface area contributed by atoms with Crippen molar-refractivity contribution in [3.05, 3.63) is 53.6 Å². The fraction of sp³-hybridized carbons (Fsp3) is 0.235. The Morgan fingerprint density at radius 2 is 1.67 bits per heavy atom. The van der Waals surface area contributed by atoms with E-state index in [1.807, 2.05) is 30.3 Å². The van der Waals surface area contributed by atoms with Crippen LogP contribution in [0.3, 0.4) is 0 Å². The van der Waals surface area contributed by atoms with Gasteiger partial charge in [0.2, 0.25) is 0 Å². The molecule has 0 unspecified atom stereocenters. The topological polar surface area (TPSA) is 44.8 Å². The molecule has 0 saturated carbocycles. The van der Waals surface area contributed by atoms with Gasteiger partial charge < -0.3 is 14.2 Å². The maximum Gasteiger partial charge on any atom is 0.163 e. The Balaban J connectivity index is 2.15. The van der Waals surface area contributed by atoms with Gasteiger partial charge in [0, 0.05) is 0 Å². The van der Waals surface area contributed by atoms with E-state index in [-0.39, 0.29) is 5.78 Å². The van der Waals surface area contributed by atoms with Crippen LogP contribution in [0.1, 0.15) is 22.8 Å². The molecule has 0 atom stereocenters. The Labute approximate surface area is 124 Å². The van der Waals surface area contributed by atoms with Gasteiger partial charge in [-0.2, -0.15) is 0 Å². The molecule has 0 aliphatic carbocycles. The molecule has 4 nitrogen and oxygen atoms in total. The van der Waals surface area contributed by atoms with Crippen molar-refractivity contribution in [2.24, 2.45) is 0 Å². The van der Waals surface area contributed by atoms with Gasteiger partial charge >= 0.3 is 0 Å². The van der Waals surface area contributed by atoms with E-state index in [1.165, 1.54) is 6.92 Å². The zero-order chi connectivity index (χ0) is 15.2. The second-order valence-electron chi connectivity index (χ2n) is 4.53. The molecule has 110 valence electrons. The molecule has 0 amide bonds. The van der Waals surface area contributed by atoms with E-state index in [2.05, 4.69) is 0 Å². The summed E-state index contributed by atoms with van der Waals surface area (Å²) in [4.78, 5) is 11.5. The fourth-order valence-electron chi connectivity index (χ4n) is 2.01. The molecule has 0 fully saturated rings. The quantitative estimate of drug-likeness (QED) is 0.763. The minimum atomic E-state index is -0.0158. The Hall–Kier alpha value is -2.49. The molecule has 0 aliphatic rings. The van der Waals surface area contributed by atoms with Gasteiger partial charge in [-0.1, -0.05) is 18.2 Å². The lowest BCUT2D eigenvalue weighted by Gasteiger charge is -2.12. The number of benzene rings is 2. The summed E-state index contributed by atoms with van der Waals surface area (Å²) in [5, 5.41) is 0. The second kappa shape index (κ2) is 6.79. The highest BCUT2D eigenvalue weighted by Crippen LogP contribution is 2.28. The standard InChI is InChI=1S/C17H18O4/c1-12(18)14-6-4-5-7-15(14)21-11-13-8-9-16(19-2)17(10-13)20-3/h4-10H,11H2,1-3H3. The first-order chi connectivity index (χ1) is 10.2. The van der Waals surface area contributed by atoms with Gasteiger partial charge in [-0.15, -0.1) is 0 Å². The molecule has 4 heteroatoms. The molecule has 0 aromatic heterocycles. The average molecular weight is 286 g/mol. The molecule has 0 heterocycles. The number of carbonyl (C=O) groups is 1. The average Bonchev–Trinajstić information content (AvgIpc) is 2.52. The van der Waals surface area contributed by atoms with Gasteiger partial charge in [0.15, 0.2) is 17.3 Å². The van der Waals surface area contributed by atoms with Gasteiger partial charge in [0.25, 0.3) is 0 Å². The second-order valence-corrected chi connectivity index (χ2v) is 4.53. The van der Waals surface area contributed by atoms with Crippen LogP contribution in [-0.2, 0) is 6.61 Å². The van der Waals surface area contributed by atoms with Crippen LogP contribution in [0, 0.1) is 0 Å². The van der Waals surface area contributed by atoms with Gasteiger partial charge in [-0.3, -0.25) is 4.79 Å². The van der Waals surface area contributed by atoms with Crippen molar-refractivity contribution in [1.82, 2.24) is 0 Å². The summed E-state index contributed by atoms with van der Waals surface area (Å²) in [6.07, 6.45) is 0. The number of methoxy groups -OCH3 is 2. The predicted octanol–water partition coefficient (Wildman–Crippen LogP) is 3.49. The minimum absolute atomic E-state index is 0.0158. The van der Waals surface area contributed by atoms with Crippen molar-refractivity contribution < 1.29 is 19.0 Å². The van der Waals surface area contributed by atoms with Crippen molar-refractivity contribution in [1.29, 1.82) is 0 Å². The fourth-order valence-corrected chi connectivity index (χ4v) is 2.01. The van der Waals surface area contributed by atoms with Crippen LogP contribution in [0.15, 0.2) is 42.5 Å². The number of ether oxygens (including phenoxy) is 3. The number of carbonyl (C=O) groups excluding carboxylic acids is 1. The Morgan fingerprint density at radius 1 is 0.952 bits per heavy atom. The summed E-state index contributed by atoms with van der Waals surface area (Å²) >= 11 is 0. The van der Waals surface area contributed by atoms with E-state index in [0.29, 0.717) is 29.4 Å². The molecule has 2 aromatic carbocycles. The highest BCUT2D eigenvalue weighted by molar-refractivity contribution is 5.96. The first-order valence-electron chi connectivity index (χ1n) is 6.59. The van der Waals surface area contributed by atoms with Crippen molar-refractivity contribution in [3.8, 4) is 17.2 Å².